The van der Waals surface area contributed by atoms with Gasteiger partial charge in [0.25, 0.3) is 0 Å². The lowest BCUT2D eigenvalue weighted by atomic mass is 10.2. The largest absolute Gasteiger partial charge is 0.382 e. The van der Waals surface area contributed by atoms with Gasteiger partial charge >= 0.3 is 0 Å². The number of halogens is 1. The van der Waals surface area contributed by atoms with E-state index in [4.69, 9.17) is 11.6 Å². The molecule has 1 heterocycles. The lowest BCUT2D eigenvalue weighted by molar-refractivity contribution is 0.975. The minimum Gasteiger partial charge on any atom is -0.382 e. The van der Waals surface area contributed by atoms with Crippen LogP contribution in [0.15, 0.2) is 11.2 Å². The third-order valence-corrected chi connectivity index (χ3v) is 2.28. The Labute approximate surface area is 107 Å². The van der Waals surface area contributed by atoms with Gasteiger partial charge in [-0.15, -0.1) is 10.2 Å². The summed E-state index contributed by atoms with van der Waals surface area (Å²) in [5.41, 5.74) is 4.74. The summed E-state index contributed by atoms with van der Waals surface area (Å²) < 4.78 is 0. The molecule has 0 saturated carbocycles. The zero-order chi connectivity index (χ0) is 12.7. The van der Waals surface area contributed by atoms with E-state index >= 15 is 0 Å². The Hall–Kier alpha value is -1.36. The zero-order valence-corrected chi connectivity index (χ0v) is 11.2. The molecule has 0 spiro atoms. The Bertz CT molecular complexity index is 391. The Balaban J connectivity index is 2.79. The van der Waals surface area contributed by atoms with Gasteiger partial charge < -0.3 is 5.32 Å². The second kappa shape index (κ2) is 7.06. The number of hydrogen-bond donors (Lipinski definition) is 2. The zero-order valence-electron chi connectivity index (χ0n) is 10.4. The molecule has 0 aliphatic carbocycles. The van der Waals surface area contributed by atoms with Crippen LogP contribution in [0.5, 0.6) is 0 Å². The molecule has 6 heteroatoms. The van der Waals surface area contributed by atoms with Crippen LogP contribution in [0, 0.1) is 0 Å². The van der Waals surface area contributed by atoms with Crippen molar-refractivity contribution >= 4 is 28.8 Å². The van der Waals surface area contributed by atoms with E-state index in [1.54, 1.807) is 6.07 Å². The maximum Gasteiger partial charge on any atom is 0.192 e. The van der Waals surface area contributed by atoms with Crippen molar-refractivity contribution in [3.63, 3.8) is 0 Å². The second-order valence-electron chi connectivity index (χ2n) is 3.67. The van der Waals surface area contributed by atoms with Crippen LogP contribution >= 0.6 is 11.6 Å². The van der Waals surface area contributed by atoms with Crippen molar-refractivity contribution in [2.75, 3.05) is 17.3 Å². The Morgan fingerprint density at radius 2 is 2.18 bits per heavy atom. The van der Waals surface area contributed by atoms with Crippen LogP contribution in [0.4, 0.5) is 11.5 Å². The summed E-state index contributed by atoms with van der Waals surface area (Å²) >= 11 is 5.79. The van der Waals surface area contributed by atoms with Gasteiger partial charge in [0, 0.05) is 18.3 Å². The van der Waals surface area contributed by atoms with Crippen molar-refractivity contribution in [2.45, 2.75) is 33.6 Å². The molecule has 1 aromatic heterocycles. The fourth-order valence-electron chi connectivity index (χ4n) is 1.34. The molecule has 0 bridgehead atoms. The standard InChI is InChI=1S/C11H18ClN5/c1-4-6-8(3)14-16-11-9(13-5-2)7-10(12)15-17-11/h7H,4-6H2,1-3H3,(H,13,15)(H,16,17)/b14-8-. The summed E-state index contributed by atoms with van der Waals surface area (Å²) in [6.45, 7) is 6.88. The summed E-state index contributed by atoms with van der Waals surface area (Å²) in [4.78, 5) is 0. The van der Waals surface area contributed by atoms with Crippen LogP contribution in [-0.4, -0.2) is 22.5 Å². The number of rotatable bonds is 6. The highest BCUT2D eigenvalue weighted by Crippen LogP contribution is 2.20. The molecule has 0 saturated heterocycles. The molecule has 0 fully saturated rings. The number of anilines is 2. The normalized spacial score (nSPS) is 11.4. The number of hydrazone groups is 1. The number of nitrogens with zero attached hydrogens (tertiary/aromatic N) is 3. The third-order valence-electron chi connectivity index (χ3n) is 2.10. The topological polar surface area (TPSA) is 62.2 Å². The molecule has 0 aliphatic rings. The lowest BCUT2D eigenvalue weighted by Crippen LogP contribution is -2.05. The molecule has 0 radical (unpaired) electrons. The van der Waals surface area contributed by atoms with Gasteiger partial charge in [-0.25, -0.2) is 0 Å². The minimum atomic E-state index is 0.362. The fraction of sp³-hybridized carbons (Fsp3) is 0.545. The van der Waals surface area contributed by atoms with Gasteiger partial charge in [-0.2, -0.15) is 5.10 Å². The molecule has 0 atom stereocenters. The lowest BCUT2D eigenvalue weighted by Gasteiger charge is -2.08. The van der Waals surface area contributed by atoms with Gasteiger partial charge in [0.2, 0.25) is 0 Å². The molecule has 0 aliphatic heterocycles. The molecular formula is C11H18ClN5. The molecule has 0 amide bonds. The van der Waals surface area contributed by atoms with Gasteiger partial charge in [0.15, 0.2) is 11.0 Å². The van der Waals surface area contributed by atoms with Gasteiger partial charge in [-0.3, -0.25) is 5.43 Å². The summed E-state index contributed by atoms with van der Waals surface area (Å²) in [5.74, 6) is 0.590. The van der Waals surface area contributed by atoms with Gasteiger partial charge in [0.05, 0.1) is 5.69 Å². The molecule has 1 rings (SSSR count). The van der Waals surface area contributed by atoms with E-state index in [1.807, 2.05) is 13.8 Å². The number of nitrogens with one attached hydrogen (secondary N) is 2. The maximum absolute atomic E-state index is 5.79. The van der Waals surface area contributed by atoms with Crippen LogP contribution < -0.4 is 10.7 Å². The average molecular weight is 256 g/mol. The smallest absolute Gasteiger partial charge is 0.192 e. The van der Waals surface area contributed by atoms with Crippen LogP contribution in [0.25, 0.3) is 0 Å². The summed E-state index contributed by atoms with van der Waals surface area (Å²) in [6, 6.07) is 1.73. The number of hydrogen-bond acceptors (Lipinski definition) is 5. The van der Waals surface area contributed by atoms with E-state index in [1.165, 1.54) is 0 Å². The Kier molecular flexibility index (Phi) is 5.69. The first-order chi connectivity index (χ1) is 8.17. The van der Waals surface area contributed by atoms with Crippen molar-refractivity contribution in [3.8, 4) is 0 Å². The molecule has 94 valence electrons. The van der Waals surface area contributed by atoms with Gasteiger partial charge in [0.1, 0.15) is 0 Å². The minimum absolute atomic E-state index is 0.362. The molecule has 1 aromatic rings. The molecule has 17 heavy (non-hydrogen) atoms. The highest BCUT2D eigenvalue weighted by molar-refractivity contribution is 6.29. The van der Waals surface area contributed by atoms with Crippen molar-refractivity contribution in [1.82, 2.24) is 10.2 Å². The van der Waals surface area contributed by atoms with Crippen molar-refractivity contribution in [3.05, 3.63) is 11.2 Å². The molecular weight excluding hydrogens is 238 g/mol. The Morgan fingerprint density at radius 1 is 1.41 bits per heavy atom. The van der Waals surface area contributed by atoms with Crippen molar-refractivity contribution < 1.29 is 0 Å². The average Bonchev–Trinajstić information content (AvgIpc) is 2.29. The number of aromatic nitrogens is 2. The van der Waals surface area contributed by atoms with Crippen molar-refractivity contribution in [1.29, 1.82) is 0 Å². The van der Waals surface area contributed by atoms with Crippen LogP contribution in [0.1, 0.15) is 33.6 Å². The van der Waals surface area contributed by atoms with Crippen LogP contribution in [-0.2, 0) is 0 Å². The van der Waals surface area contributed by atoms with Crippen LogP contribution in [0.2, 0.25) is 5.15 Å². The molecule has 0 aromatic carbocycles. The third kappa shape index (κ3) is 4.56. The summed E-state index contributed by atoms with van der Waals surface area (Å²) in [6.07, 6.45) is 2.04. The van der Waals surface area contributed by atoms with E-state index in [0.29, 0.717) is 11.0 Å². The highest BCUT2D eigenvalue weighted by atomic mass is 35.5. The predicted octanol–water partition coefficient (Wildman–Crippen LogP) is 3.15. The summed E-state index contributed by atoms with van der Waals surface area (Å²) in [7, 11) is 0. The van der Waals surface area contributed by atoms with Crippen molar-refractivity contribution in [2.24, 2.45) is 5.10 Å². The SMILES string of the molecule is CCC/C(C)=N\Nc1nnc(Cl)cc1NCC. The monoisotopic (exact) mass is 255 g/mol. The molecule has 2 N–H and O–H groups in total. The first-order valence-corrected chi connectivity index (χ1v) is 6.11. The second-order valence-corrected chi connectivity index (χ2v) is 4.06. The van der Waals surface area contributed by atoms with E-state index in [0.717, 1.165) is 30.8 Å². The van der Waals surface area contributed by atoms with E-state index < -0.39 is 0 Å². The van der Waals surface area contributed by atoms with Gasteiger partial charge in [-0.05, 0) is 20.3 Å². The Morgan fingerprint density at radius 3 is 2.82 bits per heavy atom. The first kappa shape index (κ1) is 13.7. The fourth-order valence-corrected chi connectivity index (χ4v) is 1.49. The molecule has 0 unspecified atom stereocenters. The maximum atomic E-state index is 5.79. The van der Waals surface area contributed by atoms with E-state index in [2.05, 4.69) is 33.0 Å². The van der Waals surface area contributed by atoms with Crippen LogP contribution in [0.3, 0.4) is 0 Å². The summed E-state index contributed by atoms with van der Waals surface area (Å²) in [5, 5.41) is 15.5. The van der Waals surface area contributed by atoms with Gasteiger partial charge in [-0.1, -0.05) is 24.9 Å². The van der Waals surface area contributed by atoms with E-state index in [-0.39, 0.29) is 0 Å². The molecule has 5 nitrogen and oxygen atoms in total. The quantitative estimate of drug-likeness (QED) is 0.606. The first-order valence-electron chi connectivity index (χ1n) is 5.73. The predicted molar refractivity (Wildman–Crippen MR) is 72.8 cm³/mol. The highest BCUT2D eigenvalue weighted by Gasteiger charge is 2.04. The van der Waals surface area contributed by atoms with E-state index in [9.17, 15) is 0 Å².